The van der Waals surface area contributed by atoms with Gasteiger partial charge in [0.05, 0.1) is 11.9 Å². The van der Waals surface area contributed by atoms with Crippen molar-refractivity contribution in [3.8, 4) is 0 Å². The van der Waals surface area contributed by atoms with E-state index in [2.05, 4.69) is 17.3 Å². The van der Waals surface area contributed by atoms with Gasteiger partial charge in [-0.3, -0.25) is 4.68 Å². The van der Waals surface area contributed by atoms with E-state index in [1.165, 1.54) is 0 Å². The van der Waals surface area contributed by atoms with Crippen LogP contribution in [-0.2, 0) is 11.3 Å². The molecule has 6 heteroatoms. The molecule has 0 saturated carbocycles. The Kier molecular flexibility index (Phi) is 5.32. The third-order valence-electron chi connectivity index (χ3n) is 3.71. The second kappa shape index (κ2) is 7.03. The summed E-state index contributed by atoms with van der Waals surface area (Å²) < 4.78 is 7.37. The van der Waals surface area contributed by atoms with Crippen LogP contribution in [0.4, 0.5) is 10.5 Å². The fourth-order valence-electron chi connectivity index (χ4n) is 2.60. The number of carbonyl (C=O) groups is 1. The Morgan fingerprint density at radius 3 is 2.82 bits per heavy atom. The number of hydrogen-bond acceptors (Lipinski definition) is 4. The van der Waals surface area contributed by atoms with Crippen molar-refractivity contribution in [1.29, 1.82) is 0 Å². The maximum Gasteiger partial charge on any atom is 0.410 e. The summed E-state index contributed by atoms with van der Waals surface area (Å²) in [6.45, 7) is 10.1. The lowest BCUT2D eigenvalue weighted by atomic mass is 10.1. The van der Waals surface area contributed by atoms with Gasteiger partial charge in [0.15, 0.2) is 0 Å². The predicted octanol–water partition coefficient (Wildman–Crippen LogP) is 3.10. The van der Waals surface area contributed by atoms with E-state index in [9.17, 15) is 4.79 Å². The third kappa shape index (κ3) is 4.93. The topological polar surface area (TPSA) is 59.4 Å². The van der Waals surface area contributed by atoms with Crippen LogP contribution in [0, 0.1) is 0 Å². The highest BCUT2D eigenvalue weighted by atomic mass is 16.6. The first-order valence-corrected chi connectivity index (χ1v) is 8.14. The van der Waals surface area contributed by atoms with Crippen LogP contribution in [0.3, 0.4) is 0 Å². The minimum Gasteiger partial charge on any atom is -0.444 e. The number of amides is 1. The molecular formula is C16H28N4O2. The van der Waals surface area contributed by atoms with Crippen LogP contribution < -0.4 is 5.32 Å². The molecule has 1 aliphatic heterocycles. The molecule has 0 aliphatic carbocycles. The minimum absolute atomic E-state index is 0.202. The summed E-state index contributed by atoms with van der Waals surface area (Å²) in [4.78, 5) is 14.0. The Hall–Kier alpha value is -1.72. The molecule has 1 unspecified atom stereocenters. The second-order valence-corrected chi connectivity index (χ2v) is 6.82. The number of likely N-dealkylation sites (tertiary alicyclic amines) is 1. The zero-order valence-corrected chi connectivity index (χ0v) is 14.1. The first kappa shape index (κ1) is 16.6. The van der Waals surface area contributed by atoms with Gasteiger partial charge in [0.2, 0.25) is 0 Å². The van der Waals surface area contributed by atoms with E-state index in [-0.39, 0.29) is 6.09 Å². The molecule has 1 fully saturated rings. The largest absolute Gasteiger partial charge is 0.444 e. The van der Waals surface area contributed by atoms with E-state index in [4.69, 9.17) is 4.74 Å². The number of nitrogens with one attached hydrogen (secondary N) is 1. The van der Waals surface area contributed by atoms with E-state index in [0.29, 0.717) is 6.04 Å². The van der Waals surface area contributed by atoms with Gasteiger partial charge in [-0.2, -0.15) is 5.10 Å². The van der Waals surface area contributed by atoms with Gasteiger partial charge < -0.3 is 15.0 Å². The van der Waals surface area contributed by atoms with Crippen LogP contribution in [0.1, 0.15) is 47.0 Å². The number of anilines is 1. The van der Waals surface area contributed by atoms with Crippen molar-refractivity contribution in [2.24, 2.45) is 0 Å². The summed E-state index contributed by atoms with van der Waals surface area (Å²) in [6, 6.07) is 0.377. The number of aromatic nitrogens is 2. The molecule has 0 bridgehead atoms. The van der Waals surface area contributed by atoms with Gasteiger partial charge in [-0.05, 0) is 47.0 Å². The highest BCUT2D eigenvalue weighted by Crippen LogP contribution is 2.18. The Morgan fingerprint density at radius 2 is 2.18 bits per heavy atom. The van der Waals surface area contributed by atoms with Crippen molar-refractivity contribution in [1.82, 2.24) is 14.7 Å². The quantitative estimate of drug-likeness (QED) is 0.932. The molecule has 1 aliphatic rings. The van der Waals surface area contributed by atoms with E-state index in [1.54, 1.807) is 0 Å². The van der Waals surface area contributed by atoms with E-state index < -0.39 is 5.60 Å². The van der Waals surface area contributed by atoms with Crippen molar-refractivity contribution in [2.75, 3.05) is 18.4 Å². The summed E-state index contributed by atoms with van der Waals surface area (Å²) >= 11 is 0. The summed E-state index contributed by atoms with van der Waals surface area (Å²) in [5.41, 5.74) is 0.619. The molecule has 0 radical (unpaired) electrons. The van der Waals surface area contributed by atoms with Gasteiger partial charge in [0.25, 0.3) is 0 Å². The molecule has 1 aromatic rings. The Morgan fingerprint density at radius 1 is 1.41 bits per heavy atom. The summed E-state index contributed by atoms with van der Waals surface area (Å²) in [7, 11) is 0. The average molecular weight is 308 g/mol. The lowest BCUT2D eigenvalue weighted by Gasteiger charge is -2.26. The van der Waals surface area contributed by atoms with Crippen LogP contribution in [0.15, 0.2) is 12.4 Å². The van der Waals surface area contributed by atoms with Crippen LogP contribution >= 0.6 is 0 Å². The lowest BCUT2D eigenvalue weighted by molar-refractivity contribution is 0.0256. The molecule has 1 atom stereocenters. The molecule has 1 saturated heterocycles. The highest BCUT2D eigenvalue weighted by Gasteiger charge is 2.25. The molecule has 0 aromatic carbocycles. The van der Waals surface area contributed by atoms with E-state index in [0.717, 1.165) is 44.6 Å². The SMILES string of the molecule is CCn1cc(NC2CCCN(C(=O)OC(C)(C)C)CC2)cn1. The van der Waals surface area contributed by atoms with Crippen LogP contribution in [-0.4, -0.2) is 45.5 Å². The molecular weight excluding hydrogens is 280 g/mol. The summed E-state index contributed by atoms with van der Waals surface area (Å²) in [5, 5.41) is 7.80. The number of aryl methyl sites for hydroxylation is 1. The van der Waals surface area contributed by atoms with Crippen molar-refractivity contribution < 1.29 is 9.53 Å². The number of carbonyl (C=O) groups excluding carboxylic acids is 1. The standard InChI is InChI=1S/C16H28N4O2/c1-5-20-12-14(11-17-20)18-13-7-6-9-19(10-8-13)15(21)22-16(2,3)4/h11-13,18H,5-10H2,1-4H3. The van der Waals surface area contributed by atoms with Crippen molar-refractivity contribution in [3.63, 3.8) is 0 Å². The number of ether oxygens (including phenoxy) is 1. The Labute approximate surface area is 132 Å². The molecule has 0 spiro atoms. The number of rotatable bonds is 3. The molecule has 1 aromatic heterocycles. The monoisotopic (exact) mass is 308 g/mol. The Bertz CT molecular complexity index is 493. The molecule has 2 heterocycles. The molecule has 124 valence electrons. The third-order valence-corrected chi connectivity index (χ3v) is 3.71. The van der Waals surface area contributed by atoms with E-state index >= 15 is 0 Å². The normalized spacial score (nSPS) is 19.6. The number of nitrogens with zero attached hydrogens (tertiary/aromatic N) is 3. The molecule has 1 N–H and O–H groups in total. The van der Waals surface area contributed by atoms with Gasteiger partial charge in [0, 0.05) is 31.9 Å². The summed E-state index contributed by atoms with van der Waals surface area (Å²) in [5.74, 6) is 0. The minimum atomic E-state index is -0.435. The predicted molar refractivity (Wildman–Crippen MR) is 87.0 cm³/mol. The maximum atomic E-state index is 12.1. The van der Waals surface area contributed by atoms with Crippen molar-refractivity contribution in [2.45, 2.75) is 65.1 Å². The Balaban J connectivity index is 1.85. The summed E-state index contributed by atoms with van der Waals surface area (Å²) in [6.07, 6.45) is 6.65. The zero-order valence-electron chi connectivity index (χ0n) is 14.1. The molecule has 2 rings (SSSR count). The fourth-order valence-corrected chi connectivity index (χ4v) is 2.60. The van der Waals surface area contributed by atoms with Gasteiger partial charge in [-0.1, -0.05) is 0 Å². The smallest absolute Gasteiger partial charge is 0.410 e. The van der Waals surface area contributed by atoms with Gasteiger partial charge in [-0.15, -0.1) is 0 Å². The van der Waals surface area contributed by atoms with Crippen molar-refractivity contribution >= 4 is 11.8 Å². The number of hydrogen-bond donors (Lipinski definition) is 1. The fraction of sp³-hybridized carbons (Fsp3) is 0.750. The molecule has 22 heavy (non-hydrogen) atoms. The van der Waals surface area contributed by atoms with Gasteiger partial charge in [0.1, 0.15) is 5.60 Å². The first-order valence-electron chi connectivity index (χ1n) is 8.14. The van der Waals surface area contributed by atoms with Crippen LogP contribution in [0.5, 0.6) is 0 Å². The van der Waals surface area contributed by atoms with Crippen LogP contribution in [0.2, 0.25) is 0 Å². The van der Waals surface area contributed by atoms with Gasteiger partial charge >= 0.3 is 6.09 Å². The zero-order chi connectivity index (χ0) is 16.2. The maximum absolute atomic E-state index is 12.1. The van der Waals surface area contributed by atoms with Crippen LogP contribution in [0.25, 0.3) is 0 Å². The second-order valence-electron chi connectivity index (χ2n) is 6.82. The first-order chi connectivity index (χ1) is 10.4. The average Bonchev–Trinajstić information content (AvgIpc) is 2.74. The molecule has 1 amide bonds. The lowest BCUT2D eigenvalue weighted by Crippen LogP contribution is -2.37. The van der Waals surface area contributed by atoms with Gasteiger partial charge in [-0.25, -0.2) is 4.79 Å². The van der Waals surface area contributed by atoms with E-state index in [1.807, 2.05) is 42.7 Å². The molecule has 6 nitrogen and oxygen atoms in total. The van der Waals surface area contributed by atoms with Crippen molar-refractivity contribution in [3.05, 3.63) is 12.4 Å². The highest BCUT2D eigenvalue weighted by molar-refractivity contribution is 5.68.